The molecule has 3 aromatic rings. The van der Waals surface area contributed by atoms with E-state index in [1.54, 1.807) is 55.6 Å². The molecule has 9 nitrogen and oxygen atoms in total. The number of anilines is 2. The Bertz CT molecular complexity index is 1290. The maximum atomic E-state index is 12.8. The normalized spacial score (nSPS) is 11.3. The summed E-state index contributed by atoms with van der Waals surface area (Å²) in [7, 11) is 1.56. The SMILES string of the molecule is CCC(Sc1cccc(NC(=O)c2ccc(C(=O)O)cc2C(=O)O)c1)C(=O)Nc1ccc(OC)cc1. The van der Waals surface area contributed by atoms with E-state index in [9.17, 15) is 24.3 Å². The number of hydrogen-bond acceptors (Lipinski definition) is 6. The number of benzene rings is 3. The van der Waals surface area contributed by atoms with Crippen LogP contribution < -0.4 is 15.4 Å². The summed E-state index contributed by atoms with van der Waals surface area (Å²) in [5, 5.41) is 23.6. The van der Waals surface area contributed by atoms with Crippen LogP contribution >= 0.6 is 11.8 Å². The molecule has 0 aliphatic rings. The van der Waals surface area contributed by atoms with Crippen molar-refractivity contribution in [1.29, 1.82) is 0 Å². The first kappa shape index (κ1) is 26.3. The minimum Gasteiger partial charge on any atom is -0.497 e. The van der Waals surface area contributed by atoms with Crippen molar-refractivity contribution in [1.82, 2.24) is 0 Å². The summed E-state index contributed by atoms with van der Waals surface area (Å²) in [6.07, 6.45) is 0.557. The van der Waals surface area contributed by atoms with Gasteiger partial charge in [-0.3, -0.25) is 9.59 Å². The standard InChI is InChI=1S/C26H24N2O7S/c1-3-22(24(30)27-16-8-10-18(35-2)11-9-16)36-19-6-4-5-17(14-19)28-23(29)20-12-7-15(25(31)32)13-21(20)26(33)34/h4-14,22H,3H2,1-2H3,(H,27,30)(H,28,29)(H,31,32)(H,33,34). The van der Waals surface area contributed by atoms with Crippen molar-refractivity contribution in [3.8, 4) is 5.75 Å². The van der Waals surface area contributed by atoms with Gasteiger partial charge in [0, 0.05) is 16.3 Å². The number of carbonyl (C=O) groups excluding carboxylic acids is 2. The average molecular weight is 509 g/mol. The third-order valence-corrected chi connectivity index (χ3v) is 6.49. The van der Waals surface area contributed by atoms with Crippen LogP contribution in [0.4, 0.5) is 11.4 Å². The molecule has 2 amide bonds. The number of thioether (sulfide) groups is 1. The number of carbonyl (C=O) groups is 4. The highest BCUT2D eigenvalue weighted by Crippen LogP contribution is 2.29. The van der Waals surface area contributed by atoms with Crippen LogP contribution in [0.1, 0.15) is 44.4 Å². The minimum atomic E-state index is -1.42. The molecule has 0 radical (unpaired) electrons. The predicted molar refractivity (Wildman–Crippen MR) is 136 cm³/mol. The minimum absolute atomic E-state index is 0.170. The van der Waals surface area contributed by atoms with Gasteiger partial charge in [0.15, 0.2) is 0 Å². The van der Waals surface area contributed by atoms with Crippen molar-refractivity contribution in [2.75, 3.05) is 17.7 Å². The number of carboxylic acid groups (broad SMARTS) is 2. The van der Waals surface area contributed by atoms with Crippen molar-refractivity contribution in [3.63, 3.8) is 0 Å². The molecule has 0 fully saturated rings. The van der Waals surface area contributed by atoms with Crippen LogP contribution in [-0.2, 0) is 4.79 Å². The van der Waals surface area contributed by atoms with E-state index in [1.165, 1.54) is 17.8 Å². The molecule has 186 valence electrons. The van der Waals surface area contributed by atoms with Gasteiger partial charge in [-0.2, -0.15) is 0 Å². The molecule has 0 aliphatic heterocycles. The van der Waals surface area contributed by atoms with Gasteiger partial charge < -0.3 is 25.6 Å². The Labute approximate surface area is 211 Å². The molecule has 4 N–H and O–H groups in total. The van der Waals surface area contributed by atoms with E-state index in [4.69, 9.17) is 9.84 Å². The van der Waals surface area contributed by atoms with E-state index in [2.05, 4.69) is 10.6 Å². The third-order valence-electron chi connectivity index (χ3n) is 5.13. The van der Waals surface area contributed by atoms with Gasteiger partial charge in [0.1, 0.15) is 5.75 Å². The largest absolute Gasteiger partial charge is 0.497 e. The number of aromatic carboxylic acids is 2. The van der Waals surface area contributed by atoms with Crippen molar-refractivity contribution in [2.45, 2.75) is 23.5 Å². The molecule has 0 aromatic heterocycles. The Morgan fingerprint density at radius 3 is 2.19 bits per heavy atom. The number of carboxylic acids is 2. The fraction of sp³-hybridized carbons (Fsp3) is 0.154. The summed E-state index contributed by atoms with van der Waals surface area (Å²) in [6, 6.07) is 17.1. The third kappa shape index (κ3) is 6.63. The first-order chi connectivity index (χ1) is 17.2. The van der Waals surface area contributed by atoms with Crippen molar-refractivity contribution >= 4 is 46.9 Å². The fourth-order valence-electron chi connectivity index (χ4n) is 3.28. The fourth-order valence-corrected chi connectivity index (χ4v) is 4.29. The Kier molecular flexibility index (Phi) is 8.69. The number of hydrogen-bond donors (Lipinski definition) is 4. The van der Waals surface area contributed by atoms with Crippen molar-refractivity contribution in [3.05, 3.63) is 83.4 Å². The van der Waals surface area contributed by atoms with Crippen LogP contribution in [0.15, 0.2) is 71.6 Å². The first-order valence-electron chi connectivity index (χ1n) is 10.9. The maximum Gasteiger partial charge on any atom is 0.336 e. The number of amides is 2. The second-order valence-corrected chi connectivity index (χ2v) is 8.86. The lowest BCUT2D eigenvalue weighted by molar-refractivity contribution is -0.115. The molecule has 3 aromatic carbocycles. The quantitative estimate of drug-likeness (QED) is 0.285. The highest BCUT2D eigenvalue weighted by Gasteiger charge is 2.21. The average Bonchev–Trinajstić information content (AvgIpc) is 2.87. The topological polar surface area (TPSA) is 142 Å². The van der Waals surface area contributed by atoms with Gasteiger partial charge in [-0.25, -0.2) is 9.59 Å². The molecule has 0 saturated carbocycles. The first-order valence-corrected chi connectivity index (χ1v) is 11.7. The van der Waals surface area contributed by atoms with Gasteiger partial charge in [-0.1, -0.05) is 13.0 Å². The second-order valence-electron chi connectivity index (χ2n) is 7.59. The van der Waals surface area contributed by atoms with Gasteiger partial charge in [-0.15, -0.1) is 11.8 Å². The van der Waals surface area contributed by atoms with Crippen LogP contribution in [-0.4, -0.2) is 46.3 Å². The molecule has 0 spiro atoms. The van der Waals surface area contributed by atoms with Crippen molar-refractivity contribution in [2.24, 2.45) is 0 Å². The number of methoxy groups -OCH3 is 1. The zero-order valence-electron chi connectivity index (χ0n) is 19.5. The molecule has 0 heterocycles. The van der Waals surface area contributed by atoms with E-state index < -0.39 is 28.7 Å². The molecular formula is C26H24N2O7S. The van der Waals surface area contributed by atoms with Crippen LogP contribution in [0, 0.1) is 0 Å². The molecule has 36 heavy (non-hydrogen) atoms. The lowest BCUT2D eigenvalue weighted by atomic mass is 10.0. The smallest absolute Gasteiger partial charge is 0.336 e. The highest BCUT2D eigenvalue weighted by molar-refractivity contribution is 8.00. The molecule has 0 aliphatic carbocycles. The lowest BCUT2D eigenvalue weighted by Crippen LogP contribution is -2.24. The van der Waals surface area contributed by atoms with E-state index in [-0.39, 0.29) is 17.0 Å². The van der Waals surface area contributed by atoms with Crippen LogP contribution in [0.5, 0.6) is 5.75 Å². The summed E-state index contributed by atoms with van der Waals surface area (Å²) in [6.45, 7) is 1.89. The van der Waals surface area contributed by atoms with Crippen LogP contribution in [0.3, 0.4) is 0 Å². The van der Waals surface area contributed by atoms with Gasteiger partial charge in [0.25, 0.3) is 5.91 Å². The molecular weight excluding hydrogens is 484 g/mol. The monoisotopic (exact) mass is 508 g/mol. The summed E-state index contributed by atoms with van der Waals surface area (Å²) in [5.74, 6) is -2.90. The Morgan fingerprint density at radius 2 is 1.58 bits per heavy atom. The summed E-state index contributed by atoms with van der Waals surface area (Å²) < 4.78 is 5.12. The Hall–Kier alpha value is -4.31. The lowest BCUT2D eigenvalue weighted by Gasteiger charge is -2.16. The van der Waals surface area contributed by atoms with E-state index in [1.807, 2.05) is 6.92 Å². The number of nitrogens with one attached hydrogen (secondary N) is 2. The zero-order valence-corrected chi connectivity index (χ0v) is 20.3. The molecule has 3 rings (SSSR count). The molecule has 1 unspecified atom stereocenters. The van der Waals surface area contributed by atoms with Gasteiger partial charge in [0.2, 0.25) is 5.91 Å². The Balaban J connectivity index is 1.72. The summed E-state index contributed by atoms with van der Waals surface area (Å²) >= 11 is 1.33. The predicted octanol–water partition coefficient (Wildman–Crippen LogP) is 4.85. The summed E-state index contributed by atoms with van der Waals surface area (Å²) in [5.41, 5.74) is 0.217. The van der Waals surface area contributed by atoms with E-state index >= 15 is 0 Å². The number of ether oxygens (including phenoxy) is 1. The second kappa shape index (κ2) is 11.9. The zero-order chi connectivity index (χ0) is 26.2. The molecule has 1 atom stereocenters. The van der Waals surface area contributed by atoms with Gasteiger partial charge >= 0.3 is 11.9 Å². The highest BCUT2D eigenvalue weighted by atomic mass is 32.2. The molecule has 0 bridgehead atoms. The van der Waals surface area contributed by atoms with E-state index in [0.29, 0.717) is 23.5 Å². The molecule has 10 heteroatoms. The van der Waals surface area contributed by atoms with Crippen LogP contribution in [0.2, 0.25) is 0 Å². The van der Waals surface area contributed by atoms with E-state index in [0.717, 1.165) is 17.0 Å². The Morgan fingerprint density at radius 1 is 0.861 bits per heavy atom. The van der Waals surface area contributed by atoms with Crippen molar-refractivity contribution < 1.29 is 34.1 Å². The molecule has 0 saturated heterocycles. The van der Waals surface area contributed by atoms with Crippen LogP contribution in [0.25, 0.3) is 0 Å². The summed E-state index contributed by atoms with van der Waals surface area (Å²) in [4.78, 5) is 49.0. The van der Waals surface area contributed by atoms with Gasteiger partial charge in [0.05, 0.1) is 29.1 Å². The van der Waals surface area contributed by atoms with Gasteiger partial charge in [-0.05, 0) is 67.1 Å². The maximum absolute atomic E-state index is 12.8. The number of rotatable bonds is 10.